The van der Waals surface area contributed by atoms with E-state index in [2.05, 4.69) is 5.32 Å². The minimum atomic E-state index is -0.214. The molecule has 0 bridgehead atoms. The van der Waals surface area contributed by atoms with E-state index in [1.165, 1.54) is 6.07 Å². The van der Waals surface area contributed by atoms with E-state index in [4.69, 9.17) is 16.3 Å². The number of hydrogen-bond acceptors (Lipinski definition) is 2. The molecule has 0 amide bonds. The zero-order valence-electron chi connectivity index (χ0n) is 11.3. The highest BCUT2D eigenvalue weighted by molar-refractivity contribution is 6.32. The molecule has 0 aliphatic carbocycles. The van der Waals surface area contributed by atoms with E-state index in [1.807, 2.05) is 25.1 Å². The summed E-state index contributed by atoms with van der Waals surface area (Å²) in [5, 5.41) is 3.70. The van der Waals surface area contributed by atoms with Gasteiger partial charge in [-0.25, -0.2) is 4.39 Å². The lowest BCUT2D eigenvalue weighted by molar-refractivity contribution is 0.317. The second kappa shape index (κ2) is 7.15. The average Bonchev–Trinajstić information content (AvgIpc) is 2.45. The molecule has 0 aliphatic rings. The van der Waals surface area contributed by atoms with Crippen molar-refractivity contribution >= 4 is 17.3 Å². The average molecular weight is 294 g/mol. The Bertz CT molecular complexity index is 574. The van der Waals surface area contributed by atoms with Crippen LogP contribution in [0, 0.1) is 5.82 Å². The van der Waals surface area contributed by atoms with Crippen LogP contribution in [-0.2, 0) is 6.54 Å². The lowest BCUT2D eigenvalue weighted by Gasteiger charge is -2.11. The van der Waals surface area contributed by atoms with Gasteiger partial charge >= 0.3 is 0 Å². The summed E-state index contributed by atoms with van der Waals surface area (Å²) in [7, 11) is 0. The van der Waals surface area contributed by atoms with Crippen LogP contribution in [0.2, 0.25) is 5.02 Å². The quantitative estimate of drug-likeness (QED) is 0.819. The molecule has 0 saturated carbocycles. The van der Waals surface area contributed by atoms with Crippen LogP contribution in [0.5, 0.6) is 5.75 Å². The molecule has 2 nitrogen and oxygen atoms in total. The molecule has 4 heteroatoms. The molecular weight excluding hydrogens is 277 g/mol. The largest absolute Gasteiger partial charge is 0.492 e. The Labute approximate surface area is 123 Å². The Hall–Kier alpha value is -1.74. The molecule has 0 heterocycles. The first-order valence-corrected chi connectivity index (χ1v) is 6.98. The maximum Gasteiger partial charge on any atom is 0.138 e. The van der Waals surface area contributed by atoms with E-state index in [1.54, 1.807) is 18.2 Å². The molecule has 0 aromatic heterocycles. The van der Waals surface area contributed by atoms with Crippen molar-refractivity contribution in [2.75, 3.05) is 11.9 Å². The third kappa shape index (κ3) is 3.87. The van der Waals surface area contributed by atoms with Crippen molar-refractivity contribution in [3.8, 4) is 5.75 Å². The van der Waals surface area contributed by atoms with Gasteiger partial charge in [0.1, 0.15) is 11.6 Å². The standard InChI is InChI=1S/C16H17ClFNO/c1-2-9-20-16-8-7-13(10-14(16)17)19-11-12-5-3-4-6-15(12)18/h3-8,10,19H,2,9,11H2,1H3. The van der Waals surface area contributed by atoms with Crippen LogP contribution in [0.4, 0.5) is 10.1 Å². The highest BCUT2D eigenvalue weighted by Crippen LogP contribution is 2.28. The predicted molar refractivity (Wildman–Crippen MR) is 81.0 cm³/mol. The molecule has 0 aliphatic heterocycles. The van der Waals surface area contributed by atoms with Gasteiger partial charge in [-0.2, -0.15) is 0 Å². The summed E-state index contributed by atoms with van der Waals surface area (Å²) in [5.41, 5.74) is 1.46. The number of ether oxygens (including phenoxy) is 1. The molecule has 2 aromatic carbocycles. The Balaban J connectivity index is 2.00. The van der Waals surface area contributed by atoms with Crippen molar-refractivity contribution in [3.05, 3.63) is 58.9 Å². The molecule has 0 fully saturated rings. The molecule has 20 heavy (non-hydrogen) atoms. The summed E-state index contributed by atoms with van der Waals surface area (Å²) >= 11 is 6.14. The Morgan fingerprint density at radius 3 is 2.70 bits per heavy atom. The number of rotatable bonds is 6. The van der Waals surface area contributed by atoms with Crippen molar-refractivity contribution < 1.29 is 9.13 Å². The van der Waals surface area contributed by atoms with E-state index in [-0.39, 0.29) is 5.82 Å². The summed E-state index contributed by atoms with van der Waals surface area (Å²) in [4.78, 5) is 0. The molecule has 2 rings (SSSR count). The Morgan fingerprint density at radius 1 is 1.20 bits per heavy atom. The van der Waals surface area contributed by atoms with Crippen LogP contribution in [0.1, 0.15) is 18.9 Å². The monoisotopic (exact) mass is 293 g/mol. The summed E-state index contributed by atoms with van der Waals surface area (Å²) in [5.74, 6) is 0.457. The zero-order valence-corrected chi connectivity index (χ0v) is 12.1. The van der Waals surface area contributed by atoms with Gasteiger partial charge in [0.2, 0.25) is 0 Å². The van der Waals surface area contributed by atoms with Crippen molar-refractivity contribution in [1.82, 2.24) is 0 Å². The van der Waals surface area contributed by atoms with Gasteiger partial charge in [0.05, 0.1) is 11.6 Å². The van der Waals surface area contributed by atoms with Gasteiger partial charge in [0, 0.05) is 17.8 Å². The molecule has 0 radical (unpaired) electrons. The van der Waals surface area contributed by atoms with Gasteiger partial charge in [-0.1, -0.05) is 36.7 Å². The fraction of sp³-hybridized carbons (Fsp3) is 0.250. The van der Waals surface area contributed by atoms with E-state index >= 15 is 0 Å². The van der Waals surface area contributed by atoms with Gasteiger partial charge in [-0.3, -0.25) is 0 Å². The zero-order chi connectivity index (χ0) is 14.4. The molecule has 106 valence electrons. The van der Waals surface area contributed by atoms with Crippen molar-refractivity contribution in [2.45, 2.75) is 19.9 Å². The normalized spacial score (nSPS) is 10.3. The number of halogens is 2. The molecule has 0 spiro atoms. The SMILES string of the molecule is CCCOc1ccc(NCc2ccccc2F)cc1Cl. The molecule has 0 saturated heterocycles. The number of benzene rings is 2. The minimum absolute atomic E-state index is 0.214. The molecule has 2 aromatic rings. The maximum absolute atomic E-state index is 13.5. The van der Waals surface area contributed by atoms with Gasteiger partial charge < -0.3 is 10.1 Å². The summed E-state index contributed by atoms with van der Waals surface area (Å²) < 4.78 is 19.0. The van der Waals surface area contributed by atoms with Gasteiger partial charge in [-0.15, -0.1) is 0 Å². The predicted octanol–water partition coefficient (Wildman–Crippen LogP) is 4.88. The highest BCUT2D eigenvalue weighted by atomic mass is 35.5. The van der Waals surface area contributed by atoms with E-state index < -0.39 is 0 Å². The van der Waals surface area contributed by atoms with Crippen LogP contribution in [0.3, 0.4) is 0 Å². The Kier molecular flexibility index (Phi) is 5.24. The Morgan fingerprint density at radius 2 is 2.00 bits per heavy atom. The van der Waals surface area contributed by atoms with E-state index in [0.29, 0.717) is 29.5 Å². The van der Waals surface area contributed by atoms with Crippen molar-refractivity contribution in [3.63, 3.8) is 0 Å². The van der Waals surface area contributed by atoms with Crippen molar-refractivity contribution in [1.29, 1.82) is 0 Å². The molecule has 0 unspecified atom stereocenters. The fourth-order valence-corrected chi connectivity index (χ4v) is 2.01. The first kappa shape index (κ1) is 14.7. The van der Waals surface area contributed by atoms with Gasteiger partial charge in [-0.05, 0) is 30.7 Å². The van der Waals surface area contributed by atoms with E-state index in [9.17, 15) is 4.39 Å². The smallest absolute Gasteiger partial charge is 0.138 e. The first-order chi connectivity index (χ1) is 9.70. The van der Waals surface area contributed by atoms with E-state index in [0.717, 1.165) is 12.1 Å². The number of anilines is 1. The summed E-state index contributed by atoms with van der Waals surface area (Å²) in [6, 6.07) is 12.2. The number of hydrogen-bond donors (Lipinski definition) is 1. The van der Waals surface area contributed by atoms with Crippen LogP contribution in [-0.4, -0.2) is 6.61 Å². The second-order valence-electron chi connectivity index (χ2n) is 4.44. The maximum atomic E-state index is 13.5. The van der Waals surface area contributed by atoms with Gasteiger partial charge in [0.15, 0.2) is 0 Å². The third-order valence-electron chi connectivity index (χ3n) is 2.83. The fourth-order valence-electron chi connectivity index (χ4n) is 1.78. The molecular formula is C16H17ClFNO. The third-order valence-corrected chi connectivity index (χ3v) is 3.13. The molecule has 1 N–H and O–H groups in total. The van der Waals surface area contributed by atoms with Gasteiger partial charge in [0.25, 0.3) is 0 Å². The van der Waals surface area contributed by atoms with Crippen molar-refractivity contribution in [2.24, 2.45) is 0 Å². The molecule has 0 atom stereocenters. The van der Waals surface area contributed by atoms with Crippen LogP contribution < -0.4 is 10.1 Å². The first-order valence-electron chi connectivity index (χ1n) is 6.60. The summed E-state index contributed by atoms with van der Waals surface area (Å²) in [6.45, 7) is 3.10. The van der Waals surface area contributed by atoms with Crippen LogP contribution in [0.15, 0.2) is 42.5 Å². The number of nitrogens with one attached hydrogen (secondary N) is 1. The lowest BCUT2D eigenvalue weighted by Crippen LogP contribution is -2.02. The second-order valence-corrected chi connectivity index (χ2v) is 4.85. The lowest BCUT2D eigenvalue weighted by atomic mass is 10.2. The van der Waals surface area contributed by atoms with Crippen LogP contribution >= 0.6 is 11.6 Å². The highest BCUT2D eigenvalue weighted by Gasteiger charge is 2.04. The minimum Gasteiger partial charge on any atom is -0.492 e. The van der Waals surface area contributed by atoms with Crippen LogP contribution in [0.25, 0.3) is 0 Å². The summed E-state index contributed by atoms with van der Waals surface area (Å²) in [6.07, 6.45) is 0.934. The topological polar surface area (TPSA) is 21.3 Å².